The Bertz CT molecular complexity index is 890. The van der Waals surface area contributed by atoms with E-state index in [0.29, 0.717) is 23.7 Å². The second kappa shape index (κ2) is 10.6. The van der Waals surface area contributed by atoms with Crippen molar-refractivity contribution in [2.75, 3.05) is 29.5 Å². The van der Waals surface area contributed by atoms with Gasteiger partial charge in [0, 0.05) is 36.8 Å². The van der Waals surface area contributed by atoms with Crippen LogP contribution in [0.3, 0.4) is 0 Å². The van der Waals surface area contributed by atoms with Crippen molar-refractivity contribution in [2.24, 2.45) is 5.92 Å². The number of carbonyl (C=O) groups excluding carboxylic acids is 3. The number of thiazole rings is 1. The highest BCUT2D eigenvalue weighted by molar-refractivity contribution is 8.01. The first-order chi connectivity index (χ1) is 14.4. The molecule has 0 aliphatic carbocycles. The third kappa shape index (κ3) is 6.84. The lowest BCUT2D eigenvalue weighted by Gasteiger charge is -2.30. The normalized spacial score (nSPS) is 14.4. The van der Waals surface area contributed by atoms with Crippen molar-refractivity contribution < 1.29 is 14.4 Å². The van der Waals surface area contributed by atoms with Gasteiger partial charge in [0.2, 0.25) is 17.7 Å². The predicted octanol–water partition coefficient (Wildman–Crippen LogP) is 3.63. The number of hydrogen-bond donors (Lipinski definition) is 2. The minimum Gasteiger partial charge on any atom is -0.342 e. The number of likely N-dealkylation sites (tertiary alicyclic amines) is 1. The molecule has 0 atom stereocenters. The molecular weight excluding hydrogens is 420 g/mol. The summed E-state index contributed by atoms with van der Waals surface area (Å²) in [6.07, 6.45) is 2.45. The van der Waals surface area contributed by atoms with E-state index < -0.39 is 0 Å². The number of amides is 3. The molecule has 0 unspecified atom stereocenters. The number of nitrogens with zero attached hydrogens (tertiary/aromatic N) is 2. The smallest absolute Gasteiger partial charge is 0.234 e. The average Bonchev–Trinajstić information content (AvgIpc) is 3.15. The molecular formula is C21H26N4O3S2. The van der Waals surface area contributed by atoms with E-state index in [-0.39, 0.29) is 23.5 Å². The number of anilines is 2. The molecule has 0 radical (unpaired) electrons. The SMILES string of the molecule is CC(=O)Nc1ccc(NC(=O)CSc2nc(CC(=O)N3CCC(C)CC3)cs2)cc1. The fourth-order valence-electron chi connectivity index (χ4n) is 3.13. The molecule has 1 aromatic carbocycles. The van der Waals surface area contributed by atoms with Gasteiger partial charge in [-0.3, -0.25) is 14.4 Å². The summed E-state index contributed by atoms with van der Waals surface area (Å²) in [4.78, 5) is 42.1. The van der Waals surface area contributed by atoms with E-state index in [1.54, 1.807) is 24.3 Å². The van der Waals surface area contributed by atoms with Crippen LogP contribution in [0.25, 0.3) is 0 Å². The van der Waals surface area contributed by atoms with Gasteiger partial charge in [0.05, 0.1) is 17.9 Å². The summed E-state index contributed by atoms with van der Waals surface area (Å²) in [5, 5.41) is 7.40. The van der Waals surface area contributed by atoms with Crippen molar-refractivity contribution in [3.05, 3.63) is 35.3 Å². The molecule has 1 saturated heterocycles. The van der Waals surface area contributed by atoms with Gasteiger partial charge in [0.15, 0.2) is 4.34 Å². The Morgan fingerprint density at radius 1 is 1.13 bits per heavy atom. The molecule has 9 heteroatoms. The molecule has 160 valence electrons. The minimum absolute atomic E-state index is 0.129. The maximum Gasteiger partial charge on any atom is 0.234 e. The topological polar surface area (TPSA) is 91.4 Å². The van der Waals surface area contributed by atoms with Crippen molar-refractivity contribution >= 4 is 52.2 Å². The number of nitrogens with one attached hydrogen (secondary N) is 2. The molecule has 1 aliphatic heterocycles. The summed E-state index contributed by atoms with van der Waals surface area (Å²) in [6.45, 7) is 5.33. The number of rotatable bonds is 7. The zero-order valence-corrected chi connectivity index (χ0v) is 18.8. The third-order valence-corrected chi connectivity index (χ3v) is 6.88. The van der Waals surface area contributed by atoms with E-state index in [9.17, 15) is 14.4 Å². The summed E-state index contributed by atoms with van der Waals surface area (Å²) >= 11 is 2.81. The fraction of sp³-hybridized carbons (Fsp3) is 0.429. The van der Waals surface area contributed by atoms with E-state index in [0.717, 1.165) is 36.0 Å². The van der Waals surface area contributed by atoms with Crippen molar-refractivity contribution in [1.29, 1.82) is 0 Å². The maximum absolute atomic E-state index is 12.4. The predicted molar refractivity (Wildman–Crippen MR) is 121 cm³/mol. The molecule has 1 fully saturated rings. The Morgan fingerprint density at radius 3 is 2.40 bits per heavy atom. The second-order valence-corrected chi connectivity index (χ2v) is 9.52. The minimum atomic E-state index is -0.141. The first-order valence-electron chi connectivity index (χ1n) is 9.91. The van der Waals surface area contributed by atoms with Gasteiger partial charge in [-0.1, -0.05) is 18.7 Å². The lowest BCUT2D eigenvalue weighted by molar-refractivity contribution is -0.131. The summed E-state index contributed by atoms with van der Waals surface area (Å²) in [5.74, 6) is 0.779. The first-order valence-corrected chi connectivity index (χ1v) is 11.8. The Balaban J connectivity index is 1.42. The summed E-state index contributed by atoms with van der Waals surface area (Å²) in [6, 6.07) is 6.94. The third-order valence-electron chi connectivity index (χ3n) is 4.82. The number of carbonyl (C=O) groups is 3. The highest BCUT2D eigenvalue weighted by Crippen LogP contribution is 2.24. The lowest BCUT2D eigenvalue weighted by atomic mass is 9.99. The zero-order valence-electron chi connectivity index (χ0n) is 17.1. The van der Waals surface area contributed by atoms with Gasteiger partial charge in [-0.2, -0.15) is 0 Å². The van der Waals surface area contributed by atoms with Gasteiger partial charge >= 0.3 is 0 Å². The molecule has 30 heavy (non-hydrogen) atoms. The number of hydrogen-bond acceptors (Lipinski definition) is 6. The van der Waals surface area contributed by atoms with Gasteiger partial charge in [0.25, 0.3) is 0 Å². The van der Waals surface area contributed by atoms with Crippen molar-refractivity contribution in [1.82, 2.24) is 9.88 Å². The van der Waals surface area contributed by atoms with Crippen LogP contribution in [0.5, 0.6) is 0 Å². The van der Waals surface area contributed by atoms with Crippen molar-refractivity contribution in [2.45, 2.75) is 37.4 Å². The largest absolute Gasteiger partial charge is 0.342 e. The van der Waals surface area contributed by atoms with Gasteiger partial charge in [-0.05, 0) is 43.0 Å². The number of aromatic nitrogens is 1. The molecule has 7 nitrogen and oxygen atoms in total. The van der Waals surface area contributed by atoms with Gasteiger partial charge < -0.3 is 15.5 Å². The molecule has 0 saturated carbocycles. The van der Waals surface area contributed by atoms with Crippen LogP contribution in [-0.2, 0) is 20.8 Å². The van der Waals surface area contributed by atoms with Crippen LogP contribution in [0.2, 0.25) is 0 Å². The molecule has 2 heterocycles. The van der Waals surface area contributed by atoms with Crippen LogP contribution in [0.1, 0.15) is 32.4 Å². The van der Waals surface area contributed by atoms with Crippen molar-refractivity contribution in [3.63, 3.8) is 0 Å². The van der Waals surface area contributed by atoms with E-state index in [1.807, 2.05) is 10.3 Å². The van der Waals surface area contributed by atoms with E-state index in [1.165, 1.54) is 30.0 Å². The molecule has 1 aliphatic rings. The Labute approximate surface area is 184 Å². The Morgan fingerprint density at radius 2 is 1.77 bits per heavy atom. The van der Waals surface area contributed by atoms with Crippen LogP contribution in [0.4, 0.5) is 11.4 Å². The Hall–Kier alpha value is -2.39. The summed E-state index contributed by atoms with van der Waals surface area (Å²) in [7, 11) is 0. The highest BCUT2D eigenvalue weighted by atomic mass is 32.2. The standard InChI is InChI=1S/C21H26N4O3S2/c1-14-7-9-25(10-8-14)20(28)11-18-12-29-21(24-18)30-13-19(27)23-17-5-3-16(4-6-17)22-15(2)26/h3-6,12,14H,7-11,13H2,1-2H3,(H,22,26)(H,23,27). The monoisotopic (exact) mass is 446 g/mol. The first kappa shape index (κ1) is 22.3. The van der Waals surface area contributed by atoms with Gasteiger partial charge in [-0.25, -0.2) is 4.98 Å². The summed E-state index contributed by atoms with van der Waals surface area (Å²) in [5.41, 5.74) is 2.11. The second-order valence-electron chi connectivity index (χ2n) is 7.44. The zero-order chi connectivity index (χ0) is 21.5. The molecule has 3 amide bonds. The van der Waals surface area contributed by atoms with Crippen LogP contribution < -0.4 is 10.6 Å². The number of thioether (sulfide) groups is 1. The van der Waals surface area contributed by atoms with Gasteiger partial charge in [-0.15, -0.1) is 11.3 Å². The van der Waals surface area contributed by atoms with Crippen LogP contribution >= 0.6 is 23.1 Å². The molecule has 0 spiro atoms. The maximum atomic E-state index is 12.4. The molecule has 2 aromatic rings. The lowest BCUT2D eigenvalue weighted by Crippen LogP contribution is -2.38. The van der Waals surface area contributed by atoms with E-state index >= 15 is 0 Å². The molecule has 0 bridgehead atoms. The Kier molecular flexibility index (Phi) is 7.87. The highest BCUT2D eigenvalue weighted by Gasteiger charge is 2.21. The quantitative estimate of drug-likeness (QED) is 0.634. The van der Waals surface area contributed by atoms with Crippen molar-refractivity contribution in [3.8, 4) is 0 Å². The summed E-state index contributed by atoms with van der Waals surface area (Å²) < 4.78 is 0.779. The molecule has 2 N–H and O–H groups in total. The molecule has 3 rings (SSSR count). The van der Waals surface area contributed by atoms with Crippen LogP contribution in [-0.4, -0.2) is 46.4 Å². The molecule has 1 aromatic heterocycles. The van der Waals surface area contributed by atoms with E-state index in [2.05, 4.69) is 22.5 Å². The van der Waals surface area contributed by atoms with Crippen LogP contribution in [0.15, 0.2) is 34.0 Å². The fourth-order valence-corrected chi connectivity index (χ4v) is 4.77. The number of piperidine rings is 1. The number of benzene rings is 1. The van der Waals surface area contributed by atoms with Crippen LogP contribution in [0, 0.1) is 5.92 Å². The average molecular weight is 447 g/mol. The van der Waals surface area contributed by atoms with Gasteiger partial charge in [0.1, 0.15) is 0 Å². The van der Waals surface area contributed by atoms with E-state index in [4.69, 9.17) is 0 Å².